The van der Waals surface area contributed by atoms with Gasteiger partial charge >= 0.3 is 0 Å². The number of thiazole rings is 1. The van der Waals surface area contributed by atoms with Gasteiger partial charge in [-0.05, 0) is 12.0 Å². The van der Waals surface area contributed by atoms with E-state index in [9.17, 15) is 0 Å². The number of para-hydroxylation sites is 1. The third-order valence-corrected chi connectivity index (χ3v) is 5.85. The minimum absolute atomic E-state index is 0. The van der Waals surface area contributed by atoms with Gasteiger partial charge in [0, 0.05) is 44.2 Å². The van der Waals surface area contributed by atoms with E-state index in [2.05, 4.69) is 50.8 Å². The van der Waals surface area contributed by atoms with Crippen LogP contribution in [0.1, 0.15) is 36.0 Å². The van der Waals surface area contributed by atoms with E-state index in [0.29, 0.717) is 25.6 Å². The smallest absolute Gasteiger partial charge is 0.191 e. The number of guanidine groups is 1. The van der Waals surface area contributed by atoms with Gasteiger partial charge in [-0.3, -0.25) is 9.89 Å². The second-order valence-corrected chi connectivity index (χ2v) is 8.45. The summed E-state index contributed by atoms with van der Waals surface area (Å²) in [6, 6.07) is 8.15. The highest BCUT2D eigenvalue weighted by molar-refractivity contribution is 14.0. The van der Waals surface area contributed by atoms with Crippen molar-refractivity contribution >= 4 is 41.3 Å². The molecule has 31 heavy (non-hydrogen) atoms. The number of rotatable bonds is 9. The number of nitrogens with one attached hydrogen (secondary N) is 2. The van der Waals surface area contributed by atoms with Crippen LogP contribution < -0.4 is 15.4 Å². The molecule has 1 fully saturated rings. The first kappa shape index (κ1) is 25.8. The maximum Gasteiger partial charge on any atom is 0.191 e. The van der Waals surface area contributed by atoms with Crippen molar-refractivity contribution in [2.45, 2.75) is 32.9 Å². The van der Waals surface area contributed by atoms with Crippen LogP contribution in [0.15, 0.2) is 34.6 Å². The Morgan fingerprint density at radius 3 is 2.68 bits per heavy atom. The lowest BCUT2D eigenvalue weighted by Crippen LogP contribution is -2.38. The second-order valence-electron chi connectivity index (χ2n) is 7.51. The number of morpholine rings is 1. The van der Waals surface area contributed by atoms with Crippen LogP contribution in [0.4, 0.5) is 0 Å². The molecule has 9 heteroatoms. The summed E-state index contributed by atoms with van der Waals surface area (Å²) in [4.78, 5) is 11.4. The third kappa shape index (κ3) is 8.55. The lowest BCUT2D eigenvalue weighted by Gasteiger charge is -2.26. The summed E-state index contributed by atoms with van der Waals surface area (Å²) in [6.07, 6.45) is 0. The Bertz CT molecular complexity index is 809. The Hall–Kier alpha value is -1.43. The molecule has 172 valence electrons. The van der Waals surface area contributed by atoms with Crippen molar-refractivity contribution < 1.29 is 9.47 Å². The van der Waals surface area contributed by atoms with Crippen LogP contribution in [0.3, 0.4) is 0 Å². The SMILES string of the molecule is CN=C(NCc1nc(C(C)C)cs1)NCc1ccccc1OCCN1CCOCC1.I. The number of benzene rings is 1. The summed E-state index contributed by atoms with van der Waals surface area (Å²) in [5.74, 6) is 2.11. The van der Waals surface area contributed by atoms with Gasteiger partial charge in [-0.2, -0.15) is 0 Å². The molecular formula is C22H34IN5O2S. The summed E-state index contributed by atoms with van der Waals surface area (Å²) in [6.45, 7) is 10.8. The molecule has 1 saturated heterocycles. The van der Waals surface area contributed by atoms with Crippen LogP contribution in [0.5, 0.6) is 5.75 Å². The Labute approximate surface area is 206 Å². The predicted molar refractivity (Wildman–Crippen MR) is 138 cm³/mol. The molecule has 1 aromatic carbocycles. The van der Waals surface area contributed by atoms with Gasteiger partial charge in [0.2, 0.25) is 0 Å². The molecule has 2 N–H and O–H groups in total. The van der Waals surface area contributed by atoms with Gasteiger partial charge in [-0.15, -0.1) is 35.3 Å². The molecule has 0 bridgehead atoms. The van der Waals surface area contributed by atoms with Gasteiger partial charge in [0.05, 0.1) is 25.5 Å². The van der Waals surface area contributed by atoms with Crippen LogP contribution in [-0.2, 0) is 17.8 Å². The zero-order valence-corrected chi connectivity index (χ0v) is 21.7. The standard InChI is InChI=1S/C22H33N5O2S.HI/c1-17(2)19-16-30-21(26-19)15-25-22(23-3)24-14-18-6-4-5-7-20(18)29-13-10-27-8-11-28-12-9-27;/h4-7,16-17H,8-15H2,1-3H3,(H2,23,24,25);1H. The summed E-state index contributed by atoms with van der Waals surface area (Å²) in [5.41, 5.74) is 2.25. The fourth-order valence-corrected chi connectivity index (χ4v) is 4.03. The lowest BCUT2D eigenvalue weighted by molar-refractivity contribution is 0.0322. The molecule has 0 saturated carbocycles. The number of ether oxygens (including phenoxy) is 2. The Morgan fingerprint density at radius 2 is 1.97 bits per heavy atom. The molecule has 1 aliphatic heterocycles. The van der Waals surface area contributed by atoms with E-state index in [1.165, 1.54) is 0 Å². The molecule has 0 atom stereocenters. The topological polar surface area (TPSA) is 71.0 Å². The quantitative estimate of drug-likeness (QED) is 0.279. The van der Waals surface area contributed by atoms with E-state index in [1.807, 2.05) is 18.2 Å². The van der Waals surface area contributed by atoms with Gasteiger partial charge in [-0.25, -0.2) is 4.98 Å². The molecule has 1 aromatic heterocycles. The van der Waals surface area contributed by atoms with Gasteiger partial charge < -0.3 is 20.1 Å². The molecular weight excluding hydrogens is 525 g/mol. The first-order chi connectivity index (χ1) is 14.7. The molecule has 2 aromatic rings. The highest BCUT2D eigenvalue weighted by Crippen LogP contribution is 2.18. The largest absolute Gasteiger partial charge is 0.492 e. The second kappa shape index (κ2) is 13.9. The Balaban J connectivity index is 0.00000341. The van der Waals surface area contributed by atoms with Crippen molar-refractivity contribution in [3.8, 4) is 5.75 Å². The Kier molecular flexibility index (Phi) is 11.6. The van der Waals surface area contributed by atoms with Crippen molar-refractivity contribution in [1.29, 1.82) is 0 Å². The highest BCUT2D eigenvalue weighted by Gasteiger charge is 2.11. The number of hydrogen-bond donors (Lipinski definition) is 2. The first-order valence-corrected chi connectivity index (χ1v) is 11.4. The minimum Gasteiger partial charge on any atom is -0.492 e. The number of nitrogens with zero attached hydrogens (tertiary/aromatic N) is 3. The zero-order valence-electron chi connectivity index (χ0n) is 18.6. The third-order valence-electron chi connectivity index (χ3n) is 4.98. The van der Waals surface area contributed by atoms with Gasteiger partial charge in [-0.1, -0.05) is 32.0 Å². The van der Waals surface area contributed by atoms with E-state index in [4.69, 9.17) is 9.47 Å². The fourth-order valence-electron chi connectivity index (χ4n) is 3.13. The molecule has 7 nitrogen and oxygen atoms in total. The lowest BCUT2D eigenvalue weighted by atomic mass is 10.2. The number of hydrogen-bond acceptors (Lipinski definition) is 6. The number of halogens is 1. The molecule has 1 aliphatic rings. The predicted octanol–water partition coefficient (Wildman–Crippen LogP) is 3.46. The number of aromatic nitrogens is 1. The summed E-state index contributed by atoms with van der Waals surface area (Å²) >= 11 is 1.68. The molecule has 2 heterocycles. The van der Waals surface area contributed by atoms with Crippen molar-refractivity contribution in [3.63, 3.8) is 0 Å². The van der Waals surface area contributed by atoms with Crippen molar-refractivity contribution in [3.05, 3.63) is 45.9 Å². The summed E-state index contributed by atoms with van der Waals surface area (Å²) in [7, 11) is 1.78. The van der Waals surface area contributed by atoms with E-state index in [-0.39, 0.29) is 24.0 Å². The normalized spacial score (nSPS) is 14.9. The van der Waals surface area contributed by atoms with Gasteiger partial charge in [0.1, 0.15) is 17.4 Å². The molecule has 0 unspecified atom stereocenters. The van der Waals surface area contributed by atoms with Gasteiger partial charge in [0.15, 0.2) is 5.96 Å². The van der Waals surface area contributed by atoms with Crippen LogP contribution in [-0.4, -0.2) is 62.3 Å². The zero-order chi connectivity index (χ0) is 21.2. The molecule has 0 amide bonds. The van der Waals surface area contributed by atoms with Crippen molar-refractivity contribution in [1.82, 2.24) is 20.5 Å². The van der Waals surface area contributed by atoms with Crippen LogP contribution in [0, 0.1) is 0 Å². The molecule has 0 radical (unpaired) electrons. The maximum absolute atomic E-state index is 6.07. The van der Waals surface area contributed by atoms with Crippen LogP contribution in [0.2, 0.25) is 0 Å². The van der Waals surface area contributed by atoms with Crippen LogP contribution in [0.25, 0.3) is 0 Å². The van der Waals surface area contributed by atoms with E-state index < -0.39 is 0 Å². The van der Waals surface area contributed by atoms with Gasteiger partial charge in [0.25, 0.3) is 0 Å². The van der Waals surface area contributed by atoms with Crippen molar-refractivity contribution in [2.24, 2.45) is 4.99 Å². The Morgan fingerprint density at radius 1 is 1.23 bits per heavy atom. The molecule has 0 aliphatic carbocycles. The highest BCUT2D eigenvalue weighted by atomic mass is 127. The minimum atomic E-state index is 0. The summed E-state index contributed by atoms with van der Waals surface area (Å²) < 4.78 is 11.5. The monoisotopic (exact) mass is 559 g/mol. The average molecular weight is 560 g/mol. The fraction of sp³-hybridized carbons (Fsp3) is 0.545. The number of aliphatic imine (C=N–C) groups is 1. The van der Waals surface area contributed by atoms with E-state index >= 15 is 0 Å². The molecule has 0 spiro atoms. The van der Waals surface area contributed by atoms with Crippen LogP contribution >= 0.6 is 35.3 Å². The first-order valence-electron chi connectivity index (χ1n) is 10.6. The summed E-state index contributed by atoms with van der Waals surface area (Å²) in [5, 5.41) is 9.91. The maximum atomic E-state index is 6.07. The average Bonchev–Trinajstić information content (AvgIpc) is 3.25. The molecule has 3 rings (SSSR count). The van der Waals surface area contributed by atoms with E-state index in [1.54, 1.807) is 18.4 Å². The van der Waals surface area contributed by atoms with E-state index in [0.717, 1.165) is 60.8 Å². The van der Waals surface area contributed by atoms with Crippen molar-refractivity contribution in [2.75, 3.05) is 46.5 Å².